The van der Waals surface area contributed by atoms with Gasteiger partial charge in [0, 0.05) is 11.2 Å². The fourth-order valence-electron chi connectivity index (χ4n) is 6.94. The second-order valence-corrected chi connectivity index (χ2v) is 12.4. The first-order chi connectivity index (χ1) is 13.3. The maximum Gasteiger partial charge on any atom is 0.175 e. The molecule has 2 unspecified atom stereocenters. The summed E-state index contributed by atoms with van der Waals surface area (Å²) in [5.41, 5.74) is 3.41. The summed E-state index contributed by atoms with van der Waals surface area (Å²) in [6.45, 7) is 0. The van der Waals surface area contributed by atoms with Gasteiger partial charge in [-0.05, 0) is 103 Å². The molecule has 2 nitrogen and oxygen atoms in total. The molecule has 0 spiro atoms. The number of hydrogen-bond acceptors (Lipinski definition) is 3. The Hall–Kier alpha value is -1.26. The zero-order chi connectivity index (χ0) is 19.6. The normalized spacial score (nSPS) is 33.9. The molecule has 0 radical (unpaired) electrons. The minimum absolute atomic E-state index is 0.221. The van der Waals surface area contributed by atoms with Crippen molar-refractivity contribution >= 4 is 21.6 Å². The molecule has 0 heterocycles. The predicted octanol–water partition coefficient (Wildman–Crippen LogP) is 5.60. The highest BCUT2D eigenvalue weighted by atomic mass is 32.2. The van der Waals surface area contributed by atoms with Gasteiger partial charge in [-0.15, -0.1) is 11.8 Å². The lowest BCUT2D eigenvalue weighted by atomic mass is 9.42. The molecule has 4 aliphatic carbocycles. The second-order valence-electron chi connectivity index (χ2n) is 9.55. The molecule has 0 amide bonds. The molecule has 0 N–H and O–H groups in total. The molecule has 28 heavy (non-hydrogen) atoms. The molecule has 2 aromatic rings. The lowest BCUT2D eigenvalue weighted by molar-refractivity contribution is -0.0281. The Bertz CT molecular complexity index is 976. The van der Waals surface area contributed by atoms with Gasteiger partial charge in [0.25, 0.3) is 0 Å². The summed E-state index contributed by atoms with van der Waals surface area (Å²) >= 11 is 1.80. The van der Waals surface area contributed by atoms with Crippen LogP contribution in [0.1, 0.15) is 49.7 Å². The first-order valence-corrected chi connectivity index (χ1v) is 13.4. The van der Waals surface area contributed by atoms with Gasteiger partial charge in [-0.3, -0.25) is 0 Å². The third-order valence-electron chi connectivity index (χ3n) is 7.66. The molecule has 4 bridgehead atoms. The molecule has 6 rings (SSSR count). The quantitative estimate of drug-likeness (QED) is 0.613. The van der Waals surface area contributed by atoms with Crippen LogP contribution in [-0.2, 0) is 20.7 Å². The Morgan fingerprint density at radius 3 is 1.71 bits per heavy atom. The van der Waals surface area contributed by atoms with Crippen LogP contribution in [0.15, 0.2) is 58.3 Å². The number of benzene rings is 2. The van der Waals surface area contributed by atoms with Crippen molar-refractivity contribution in [1.82, 2.24) is 0 Å². The lowest BCUT2D eigenvalue weighted by Crippen LogP contribution is -2.55. The molecular formula is C24H28O2S2. The van der Waals surface area contributed by atoms with Crippen LogP contribution < -0.4 is 0 Å². The van der Waals surface area contributed by atoms with Crippen LogP contribution in [0.3, 0.4) is 0 Å². The van der Waals surface area contributed by atoms with E-state index in [1.807, 2.05) is 12.1 Å². The van der Waals surface area contributed by atoms with Gasteiger partial charge in [-0.1, -0.05) is 24.3 Å². The van der Waals surface area contributed by atoms with Crippen LogP contribution >= 0.6 is 11.8 Å². The molecule has 4 fully saturated rings. The topological polar surface area (TPSA) is 34.1 Å². The fourth-order valence-corrected chi connectivity index (χ4v) is 7.98. The van der Waals surface area contributed by atoms with E-state index in [-0.39, 0.29) is 5.41 Å². The van der Waals surface area contributed by atoms with Gasteiger partial charge in [0.2, 0.25) is 0 Å². The average molecular weight is 413 g/mol. The third kappa shape index (κ3) is 2.95. The van der Waals surface area contributed by atoms with E-state index >= 15 is 0 Å². The highest BCUT2D eigenvalue weighted by Gasteiger charge is 2.58. The van der Waals surface area contributed by atoms with Crippen molar-refractivity contribution in [3.8, 4) is 0 Å². The van der Waals surface area contributed by atoms with Crippen LogP contribution in [0.4, 0.5) is 0 Å². The van der Waals surface area contributed by atoms with Crippen LogP contribution in [0.25, 0.3) is 0 Å². The monoisotopic (exact) mass is 412 g/mol. The summed E-state index contributed by atoms with van der Waals surface area (Å²) in [4.78, 5) is 1.77. The molecule has 4 atom stereocenters. The zero-order valence-corrected chi connectivity index (χ0v) is 18.3. The van der Waals surface area contributed by atoms with Crippen molar-refractivity contribution in [1.29, 1.82) is 0 Å². The predicted molar refractivity (Wildman–Crippen MR) is 116 cm³/mol. The van der Waals surface area contributed by atoms with Crippen molar-refractivity contribution in [2.45, 2.75) is 59.1 Å². The van der Waals surface area contributed by atoms with E-state index in [9.17, 15) is 8.42 Å². The summed E-state index contributed by atoms with van der Waals surface area (Å²) in [7, 11) is -3.14. The smallest absolute Gasteiger partial charge is 0.175 e. The SMILES string of the molecule is CSc1ccc(C23C[C@H]4C[C@@H](C2)CC(c2ccc(S(C)(=O)=O)cc2)(C4)C3)cc1. The largest absolute Gasteiger partial charge is 0.224 e. The van der Waals surface area contributed by atoms with Gasteiger partial charge in [0.05, 0.1) is 4.90 Å². The Kier molecular flexibility index (Phi) is 4.26. The Balaban J connectivity index is 1.54. The second kappa shape index (κ2) is 6.37. The molecular weight excluding hydrogens is 384 g/mol. The van der Waals surface area contributed by atoms with Gasteiger partial charge < -0.3 is 0 Å². The summed E-state index contributed by atoms with van der Waals surface area (Å²) in [6.07, 6.45) is 11.2. The summed E-state index contributed by atoms with van der Waals surface area (Å²) in [5, 5.41) is 0. The Morgan fingerprint density at radius 2 is 1.29 bits per heavy atom. The van der Waals surface area contributed by atoms with E-state index < -0.39 is 9.84 Å². The highest BCUT2D eigenvalue weighted by molar-refractivity contribution is 7.98. The van der Waals surface area contributed by atoms with E-state index in [0.29, 0.717) is 10.3 Å². The van der Waals surface area contributed by atoms with Crippen LogP contribution in [0.2, 0.25) is 0 Å². The number of thioether (sulfide) groups is 1. The standard InChI is InChI=1S/C24H28O2S2/c1-27-21-7-3-19(4-8-21)23-12-17-11-18(13-23)15-24(14-17,16-23)20-5-9-22(10-6-20)28(2,25)26/h3-10,17-18H,11-16H2,1-2H3/t17-,18+,23?,24?. The number of hydrogen-bond donors (Lipinski definition) is 0. The third-order valence-corrected chi connectivity index (χ3v) is 9.53. The Morgan fingerprint density at radius 1 is 0.821 bits per heavy atom. The molecule has 148 valence electrons. The van der Waals surface area contributed by atoms with E-state index in [2.05, 4.69) is 42.7 Å². The van der Waals surface area contributed by atoms with Crippen LogP contribution in [0, 0.1) is 11.8 Å². The summed E-state index contributed by atoms with van der Waals surface area (Å²) in [5.74, 6) is 1.60. The van der Waals surface area contributed by atoms with Gasteiger partial charge in [0.15, 0.2) is 9.84 Å². The van der Waals surface area contributed by atoms with Crippen molar-refractivity contribution in [3.05, 3.63) is 59.7 Å². The molecule has 0 saturated heterocycles. The maximum absolute atomic E-state index is 11.9. The summed E-state index contributed by atoms with van der Waals surface area (Å²) < 4.78 is 23.8. The first-order valence-electron chi connectivity index (χ1n) is 10.3. The Labute approximate surface area is 173 Å². The van der Waals surface area contributed by atoms with Crippen molar-refractivity contribution in [2.75, 3.05) is 12.5 Å². The molecule has 0 aliphatic heterocycles. The summed E-state index contributed by atoms with van der Waals surface area (Å²) in [6, 6.07) is 17.2. The van der Waals surface area contributed by atoms with Gasteiger partial charge in [-0.2, -0.15) is 0 Å². The van der Waals surface area contributed by atoms with Gasteiger partial charge in [-0.25, -0.2) is 8.42 Å². The number of sulfone groups is 1. The molecule has 4 aliphatic rings. The molecule has 0 aromatic heterocycles. The first kappa shape index (κ1) is 18.7. The number of rotatable bonds is 4. The zero-order valence-electron chi connectivity index (χ0n) is 16.6. The minimum Gasteiger partial charge on any atom is -0.224 e. The van der Waals surface area contributed by atoms with E-state index in [1.54, 1.807) is 11.8 Å². The highest BCUT2D eigenvalue weighted by Crippen LogP contribution is 2.66. The van der Waals surface area contributed by atoms with Crippen molar-refractivity contribution in [2.24, 2.45) is 11.8 Å². The maximum atomic E-state index is 11.9. The van der Waals surface area contributed by atoms with E-state index in [4.69, 9.17) is 0 Å². The fraction of sp³-hybridized carbons (Fsp3) is 0.500. The van der Waals surface area contributed by atoms with Crippen LogP contribution in [0.5, 0.6) is 0 Å². The van der Waals surface area contributed by atoms with Crippen molar-refractivity contribution in [3.63, 3.8) is 0 Å². The average Bonchev–Trinajstić information content (AvgIpc) is 2.66. The minimum atomic E-state index is -3.14. The van der Waals surface area contributed by atoms with E-state index in [0.717, 1.165) is 11.8 Å². The van der Waals surface area contributed by atoms with E-state index in [1.165, 1.54) is 60.8 Å². The molecule has 4 heteroatoms. The van der Waals surface area contributed by atoms with Gasteiger partial charge >= 0.3 is 0 Å². The van der Waals surface area contributed by atoms with Crippen LogP contribution in [-0.4, -0.2) is 20.9 Å². The van der Waals surface area contributed by atoms with Gasteiger partial charge in [0.1, 0.15) is 0 Å². The lowest BCUT2D eigenvalue weighted by Gasteiger charge is -2.63. The molecule has 4 saturated carbocycles. The van der Waals surface area contributed by atoms with Crippen molar-refractivity contribution < 1.29 is 8.42 Å². The molecule has 2 aromatic carbocycles.